The maximum Gasteiger partial charge on any atom is 0.261 e. The first kappa shape index (κ1) is 17.6. The maximum absolute atomic E-state index is 12.9. The van der Waals surface area contributed by atoms with Gasteiger partial charge in [0.15, 0.2) is 0 Å². The lowest BCUT2D eigenvalue weighted by Crippen LogP contribution is -2.39. The highest BCUT2D eigenvalue weighted by atomic mass is 16.2. The minimum absolute atomic E-state index is 0.0577. The largest absolute Gasteiger partial charge is 0.330 e. The van der Waals surface area contributed by atoms with E-state index in [4.69, 9.17) is 0 Å². The Kier molecular flexibility index (Phi) is 5.27. The molecular formula is C21H21N3O2. The van der Waals surface area contributed by atoms with Crippen molar-refractivity contribution in [1.29, 1.82) is 0 Å². The number of pyridine rings is 2. The lowest BCUT2D eigenvalue weighted by Gasteiger charge is -2.26. The minimum Gasteiger partial charge on any atom is -0.330 e. The van der Waals surface area contributed by atoms with Gasteiger partial charge in [-0.3, -0.25) is 14.6 Å². The van der Waals surface area contributed by atoms with Gasteiger partial charge >= 0.3 is 0 Å². The molecule has 0 spiro atoms. The molecule has 1 aromatic carbocycles. The molecule has 0 aliphatic rings. The molecule has 3 aromatic rings. The number of carbonyl (C=O) groups is 1. The van der Waals surface area contributed by atoms with Crippen molar-refractivity contribution in [1.82, 2.24) is 14.9 Å². The monoisotopic (exact) mass is 347 g/mol. The van der Waals surface area contributed by atoms with Crippen LogP contribution in [-0.2, 0) is 6.54 Å². The zero-order valence-electron chi connectivity index (χ0n) is 14.8. The molecule has 2 heterocycles. The first-order valence-electron chi connectivity index (χ1n) is 8.56. The van der Waals surface area contributed by atoms with Crippen molar-refractivity contribution in [2.45, 2.75) is 26.4 Å². The Labute approximate surface area is 152 Å². The van der Waals surface area contributed by atoms with Crippen molar-refractivity contribution in [3.05, 3.63) is 88.5 Å². The Morgan fingerprint density at radius 3 is 2.38 bits per heavy atom. The van der Waals surface area contributed by atoms with Gasteiger partial charge in [0.1, 0.15) is 5.56 Å². The van der Waals surface area contributed by atoms with Gasteiger partial charge in [0.05, 0.1) is 12.2 Å². The fourth-order valence-corrected chi connectivity index (χ4v) is 2.74. The molecule has 0 bridgehead atoms. The van der Waals surface area contributed by atoms with Crippen LogP contribution in [-0.4, -0.2) is 26.8 Å². The predicted molar refractivity (Wildman–Crippen MR) is 102 cm³/mol. The summed E-state index contributed by atoms with van der Waals surface area (Å²) in [7, 11) is 0. The molecule has 0 fully saturated rings. The second kappa shape index (κ2) is 7.78. The standard InChI is InChI=1S/C21H21N3O2/c1-15(2)24(14-17-10-6-7-13-22-17)21(26)18-11-12-19(23-20(18)25)16-8-4-3-5-9-16/h3-13,15H,14H2,1-2H3,(H,23,25). The highest BCUT2D eigenvalue weighted by molar-refractivity contribution is 5.94. The zero-order valence-corrected chi connectivity index (χ0v) is 14.8. The van der Waals surface area contributed by atoms with Crippen LogP contribution in [0.2, 0.25) is 0 Å². The average molecular weight is 347 g/mol. The smallest absolute Gasteiger partial charge is 0.261 e. The number of H-pyrrole nitrogens is 1. The number of aromatic nitrogens is 2. The third kappa shape index (κ3) is 3.88. The van der Waals surface area contributed by atoms with E-state index in [1.807, 2.05) is 62.4 Å². The second-order valence-electron chi connectivity index (χ2n) is 6.33. The van der Waals surface area contributed by atoms with Crippen LogP contribution in [0, 0.1) is 0 Å². The number of carbonyl (C=O) groups excluding carboxylic acids is 1. The number of hydrogen-bond acceptors (Lipinski definition) is 3. The van der Waals surface area contributed by atoms with E-state index in [2.05, 4.69) is 9.97 Å². The third-order valence-corrected chi connectivity index (χ3v) is 4.17. The van der Waals surface area contributed by atoms with Crippen LogP contribution in [0.15, 0.2) is 71.7 Å². The van der Waals surface area contributed by atoms with Crippen LogP contribution in [0.25, 0.3) is 11.3 Å². The SMILES string of the molecule is CC(C)N(Cc1ccccn1)C(=O)c1ccc(-c2ccccc2)[nH]c1=O. The van der Waals surface area contributed by atoms with Gasteiger partial charge in [-0.1, -0.05) is 36.4 Å². The maximum atomic E-state index is 12.9. The molecule has 0 radical (unpaired) electrons. The number of nitrogens with one attached hydrogen (secondary N) is 1. The van der Waals surface area contributed by atoms with Crippen LogP contribution in [0.1, 0.15) is 29.9 Å². The molecule has 0 aliphatic heterocycles. The van der Waals surface area contributed by atoms with E-state index in [0.717, 1.165) is 11.3 Å². The molecule has 0 saturated heterocycles. The van der Waals surface area contributed by atoms with Crippen LogP contribution in [0.3, 0.4) is 0 Å². The summed E-state index contributed by atoms with van der Waals surface area (Å²) in [6.45, 7) is 4.21. The van der Waals surface area contributed by atoms with E-state index >= 15 is 0 Å². The van der Waals surface area contributed by atoms with Gasteiger partial charge in [0, 0.05) is 17.9 Å². The van der Waals surface area contributed by atoms with Crippen LogP contribution < -0.4 is 5.56 Å². The normalized spacial score (nSPS) is 10.7. The number of rotatable bonds is 5. The van der Waals surface area contributed by atoms with Crippen LogP contribution in [0.5, 0.6) is 0 Å². The first-order valence-corrected chi connectivity index (χ1v) is 8.56. The summed E-state index contributed by atoms with van der Waals surface area (Å²) in [6.07, 6.45) is 1.69. The van der Waals surface area contributed by atoms with Crippen LogP contribution >= 0.6 is 0 Å². The molecule has 0 atom stereocenters. The Hall–Kier alpha value is -3.21. The average Bonchev–Trinajstić information content (AvgIpc) is 2.67. The lowest BCUT2D eigenvalue weighted by atomic mass is 10.1. The highest BCUT2D eigenvalue weighted by Gasteiger charge is 2.22. The Balaban J connectivity index is 1.89. The van der Waals surface area contributed by atoms with Gasteiger partial charge in [-0.05, 0) is 43.7 Å². The number of amides is 1. The summed E-state index contributed by atoms with van der Waals surface area (Å²) in [5.41, 5.74) is 2.12. The van der Waals surface area contributed by atoms with Gasteiger partial charge in [0.2, 0.25) is 0 Å². The van der Waals surface area contributed by atoms with Gasteiger partial charge in [-0.15, -0.1) is 0 Å². The molecule has 0 aliphatic carbocycles. The Bertz CT molecular complexity index is 934. The second-order valence-corrected chi connectivity index (χ2v) is 6.33. The zero-order chi connectivity index (χ0) is 18.5. The van der Waals surface area contributed by atoms with E-state index in [0.29, 0.717) is 12.2 Å². The van der Waals surface area contributed by atoms with E-state index in [-0.39, 0.29) is 23.1 Å². The highest BCUT2D eigenvalue weighted by Crippen LogP contribution is 2.16. The summed E-state index contributed by atoms with van der Waals surface area (Å²) in [6, 6.07) is 18.4. The van der Waals surface area contributed by atoms with Gasteiger partial charge in [0.25, 0.3) is 11.5 Å². The topological polar surface area (TPSA) is 66.1 Å². The van der Waals surface area contributed by atoms with Crippen molar-refractivity contribution in [2.75, 3.05) is 0 Å². The molecule has 1 amide bonds. The van der Waals surface area contributed by atoms with Crippen molar-refractivity contribution >= 4 is 5.91 Å². The predicted octanol–water partition coefficient (Wildman–Crippen LogP) is 3.49. The molecule has 26 heavy (non-hydrogen) atoms. The summed E-state index contributed by atoms with van der Waals surface area (Å²) in [4.78, 5) is 34.2. The van der Waals surface area contributed by atoms with Crippen molar-refractivity contribution in [2.24, 2.45) is 0 Å². The Morgan fingerprint density at radius 2 is 1.77 bits per heavy atom. The minimum atomic E-state index is -0.386. The fraction of sp³-hybridized carbons (Fsp3) is 0.190. The summed E-state index contributed by atoms with van der Waals surface area (Å²) < 4.78 is 0. The van der Waals surface area contributed by atoms with E-state index in [9.17, 15) is 9.59 Å². The van der Waals surface area contributed by atoms with Gasteiger partial charge in [-0.25, -0.2) is 0 Å². The number of benzene rings is 1. The van der Waals surface area contributed by atoms with Gasteiger partial charge < -0.3 is 9.88 Å². The summed E-state index contributed by atoms with van der Waals surface area (Å²) in [5.74, 6) is -0.300. The first-order chi connectivity index (χ1) is 12.6. The molecule has 0 saturated carbocycles. The van der Waals surface area contributed by atoms with Gasteiger partial charge in [-0.2, -0.15) is 0 Å². The quantitative estimate of drug-likeness (QED) is 0.768. The fourth-order valence-electron chi connectivity index (χ4n) is 2.74. The van der Waals surface area contributed by atoms with E-state index in [1.54, 1.807) is 23.2 Å². The molecule has 0 unspecified atom stereocenters. The molecular weight excluding hydrogens is 326 g/mol. The lowest BCUT2D eigenvalue weighted by molar-refractivity contribution is 0.0686. The molecule has 5 heteroatoms. The van der Waals surface area contributed by atoms with E-state index < -0.39 is 0 Å². The summed E-state index contributed by atoms with van der Waals surface area (Å²) >= 11 is 0. The summed E-state index contributed by atoms with van der Waals surface area (Å²) in [5, 5.41) is 0. The molecule has 2 aromatic heterocycles. The Morgan fingerprint density at radius 1 is 1.04 bits per heavy atom. The number of hydrogen-bond donors (Lipinski definition) is 1. The van der Waals surface area contributed by atoms with Crippen molar-refractivity contribution in [3.8, 4) is 11.3 Å². The van der Waals surface area contributed by atoms with Crippen molar-refractivity contribution < 1.29 is 4.79 Å². The third-order valence-electron chi connectivity index (χ3n) is 4.17. The van der Waals surface area contributed by atoms with E-state index in [1.165, 1.54) is 0 Å². The number of aromatic amines is 1. The van der Waals surface area contributed by atoms with Crippen molar-refractivity contribution in [3.63, 3.8) is 0 Å². The molecule has 5 nitrogen and oxygen atoms in total. The molecule has 132 valence electrons. The van der Waals surface area contributed by atoms with Crippen LogP contribution in [0.4, 0.5) is 0 Å². The molecule has 3 rings (SSSR count). The number of nitrogens with zero attached hydrogens (tertiary/aromatic N) is 2. The molecule has 1 N–H and O–H groups in total.